The van der Waals surface area contributed by atoms with Crippen molar-refractivity contribution in [3.05, 3.63) is 36.4 Å². The molecule has 2 aliphatic rings. The second kappa shape index (κ2) is 6.42. The summed E-state index contributed by atoms with van der Waals surface area (Å²) in [6.07, 6.45) is 6.20. The van der Waals surface area contributed by atoms with Crippen molar-refractivity contribution in [3.8, 4) is 11.5 Å². The number of hydrogen-bond donors (Lipinski definition) is 0. The number of ether oxygens (including phenoxy) is 1. The van der Waals surface area contributed by atoms with E-state index in [9.17, 15) is 8.42 Å². The van der Waals surface area contributed by atoms with Gasteiger partial charge in [0.2, 0.25) is 0 Å². The molecule has 5 heterocycles. The van der Waals surface area contributed by atoms with E-state index in [1.807, 2.05) is 35.0 Å². The van der Waals surface area contributed by atoms with Gasteiger partial charge in [0.05, 0.1) is 17.5 Å². The molecule has 0 amide bonds. The molecule has 1 unspecified atom stereocenters. The third kappa shape index (κ3) is 3.14. The Kier molecular flexibility index (Phi) is 4.01. The molecule has 3 aromatic rings. The molecule has 8 nitrogen and oxygen atoms in total. The van der Waals surface area contributed by atoms with Gasteiger partial charge in [0.15, 0.2) is 21.5 Å². The van der Waals surface area contributed by atoms with Crippen molar-refractivity contribution in [1.29, 1.82) is 0 Å². The van der Waals surface area contributed by atoms with Crippen LogP contribution in [0.5, 0.6) is 0 Å². The van der Waals surface area contributed by atoms with Crippen molar-refractivity contribution in [2.75, 3.05) is 24.7 Å². The maximum Gasteiger partial charge on any atom is 0.178 e. The summed E-state index contributed by atoms with van der Waals surface area (Å²) >= 11 is 0. The maximum absolute atomic E-state index is 12.0. The molecule has 0 N–H and O–H groups in total. The van der Waals surface area contributed by atoms with Gasteiger partial charge in [0, 0.05) is 31.5 Å². The number of pyridine rings is 1. The molecule has 3 aromatic heterocycles. The number of fused-ring (bicyclic) bond motifs is 1. The SMILES string of the molecule is O=S1(=O)CCC(n2nc(C3CCOCC3)nc2-c2cn3ccccc3n2)C1. The van der Waals surface area contributed by atoms with E-state index >= 15 is 0 Å². The van der Waals surface area contributed by atoms with E-state index < -0.39 is 9.84 Å². The number of aromatic nitrogens is 5. The van der Waals surface area contributed by atoms with Crippen molar-refractivity contribution in [2.24, 2.45) is 0 Å². The maximum atomic E-state index is 12.0. The van der Waals surface area contributed by atoms with Crippen molar-refractivity contribution >= 4 is 15.5 Å². The van der Waals surface area contributed by atoms with Crippen molar-refractivity contribution in [3.63, 3.8) is 0 Å². The molecular weight excluding hydrogens is 366 g/mol. The first-order valence-electron chi connectivity index (χ1n) is 9.28. The number of hydrogen-bond acceptors (Lipinski definition) is 6. The standard InChI is InChI=1S/C18H21N5O3S/c24-27(25)10-6-14(12-27)23-18(15-11-22-7-2-1-3-16(22)19-15)20-17(21-23)13-4-8-26-9-5-13/h1-3,7,11,13-14H,4-6,8-10,12H2. The third-order valence-electron chi connectivity index (χ3n) is 5.38. The Morgan fingerprint density at radius 1 is 1.11 bits per heavy atom. The van der Waals surface area contributed by atoms with Crippen LogP contribution in [0.1, 0.15) is 37.0 Å². The molecule has 142 valence electrons. The molecule has 9 heteroatoms. The van der Waals surface area contributed by atoms with E-state index in [0.29, 0.717) is 25.5 Å². The predicted octanol–water partition coefficient (Wildman–Crippen LogP) is 1.85. The molecule has 0 radical (unpaired) electrons. The lowest BCUT2D eigenvalue weighted by atomic mass is 10.00. The van der Waals surface area contributed by atoms with Crippen LogP contribution in [0.3, 0.4) is 0 Å². The monoisotopic (exact) mass is 387 g/mol. The van der Waals surface area contributed by atoms with Crippen LogP contribution < -0.4 is 0 Å². The quantitative estimate of drug-likeness (QED) is 0.681. The van der Waals surface area contributed by atoms with Crippen molar-refractivity contribution in [1.82, 2.24) is 24.1 Å². The van der Waals surface area contributed by atoms with Crippen LogP contribution in [0.25, 0.3) is 17.2 Å². The van der Waals surface area contributed by atoms with E-state index in [2.05, 4.69) is 4.98 Å². The molecule has 2 aliphatic heterocycles. The Hall–Kier alpha value is -2.26. The number of rotatable bonds is 3. The molecule has 0 aliphatic carbocycles. The summed E-state index contributed by atoms with van der Waals surface area (Å²) in [6.45, 7) is 1.42. The fourth-order valence-corrected chi connectivity index (χ4v) is 5.60. The summed E-state index contributed by atoms with van der Waals surface area (Å²) in [5.74, 6) is 1.99. The normalized spacial score (nSPS) is 23.2. The molecule has 2 fully saturated rings. The highest BCUT2D eigenvalue weighted by atomic mass is 32.2. The van der Waals surface area contributed by atoms with Gasteiger partial charge in [-0.25, -0.2) is 23.1 Å². The minimum Gasteiger partial charge on any atom is -0.381 e. The predicted molar refractivity (Wildman–Crippen MR) is 99.3 cm³/mol. The molecule has 27 heavy (non-hydrogen) atoms. The van der Waals surface area contributed by atoms with Crippen LogP contribution in [-0.4, -0.2) is 57.3 Å². The lowest BCUT2D eigenvalue weighted by Crippen LogP contribution is -2.17. The molecule has 0 aromatic carbocycles. The fourth-order valence-electron chi connectivity index (χ4n) is 3.91. The van der Waals surface area contributed by atoms with Crippen LogP contribution >= 0.6 is 0 Å². The molecule has 0 spiro atoms. The Morgan fingerprint density at radius 2 is 1.96 bits per heavy atom. The van der Waals surface area contributed by atoms with E-state index in [1.54, 1.807) is 4.68 Å². The highest BCUT2D eigenvalue weighted by Gasteiger charge is 2.33. The van der Waals surface area contributed by atoms with Gasteiger partial charge in [0.25, 0.3) is 0 Å². The average Bonchev–Trinajstić information content (AvgIpc) is 3.37. The highest BCUT2D eigenvalue weighted by molar-refractivity contribution is 7.91. The van der Waals surface area contributed by atoms with Gasteiger partial charge >= 0.3 is 0 Å². The van der Waals surface area contributed by atoms with Gasteiger partial charge in [-0.3, -0.25) is 0 Å². The van der Waals surface area contributed by atoms with Gasteiger partial charge in [-0.2, -0.15) is 5.10 Å². The summed E-state index contributed by atoms with van der Waals surface area (Å²) in [7, 11) is -3.02. The highest BCUT2D eigenvalue weighted by Crippen LogP contribution is 2.31. The van der Waals surface area contributed by atoms with Crippen molar-refractivity contribution < 1.29 is 13.2 Å². The first kappa shape index (κ1) is 16.9. The van der Waals surface area contributed by atoms with Crippen LogP contribution in [-0.2, 0) is 14.6 Å². The van der Waals surface area contributed by atoms with Gasteiger partial charge in [-0.15, -0.1) is 0 Å². The zero-order valence-electron chi connectivity index (χ0n) is 14.9. The largest absolute Gasteiger partial charge is 0.381 e. The smallest absolute Gasteiger partial charge is 0.178 e. The van der Waals surface area contributed by atoms with Gasteiger partial charge in [-0.1, -0.05) is 6.07 Å². The van der Waals surface area contributed by atoms with E-state index in [4.69, 9.17) is 14.8 Å². The van der Waals surface area contributed by atoms with Crippen molar-refractivity contribution in [2.45, 2.75) is 31.2 Å². The Balaban J connectivity index is 1.60. The third-order valence-corrected chi connectivity index (χ3v) is 7.13. The average molecular weight is 387 g/mol. The summed E-state index contributed by atoms with van der Waals surface area (Å²) in [4.78, 5) is 9.49. The lowest BCUT2D eigenvalue weighted by Gasteiger charge is -2.19. The second-order valence-corrected chi connectivity index (χ2v) is 9.50. The molecule has 2 saturated heterocycles. The molecule has 5 rings (SSSR count). The number of sulfone groups is 1. The molecule has 0 bridgehead atoms. The number of imidazole rings is 1. The topological polar surface area (TPSA) is 91.4 Å². The summed E-state index contributed by atoms with van der Waals surface area (Å²) in [6, 6.07) is 5.63. The summed E-state index contributed by atoms with van der Waals surface area (Å²) in [5.41, 5.74) is 1.55. The zero-order valence-corrected chi connectivity index (χ0v) is 15.7. The Morgan fingerprint density at radius 3 is 2.70 bits per heavy atom. The van der Waals surface area contributed by atoms with E-state index in [-0.39, 0.29) is 23.5 Å². The van der Waals surface area contributed by atoms with Gasteiger partial charge in [-0.05, 0) is 31.4 Å². The first-order chi connectivity index (χ1) is 13.1. The Bertz CT molecular complexity index is 1050. The minimum atomic E-state index is -3.02. The number of nitrogens with zero attached hydrogens (tertiary/aromatic N) is 5. The Labute approximate surface area is 157 Å². The molecular formula is C18H21N5O3S. The van der Waals surface area contributed by atoms with Crippen LogP contribution in [0.15, 0.2) is 30.6 Å². The van der Waals surface area contributed by atoms with Crippen LogP contribution in [0, 0.1) is 0 Å². The molecule has 0 saturated carbocycles. The van der Waals surface area contributed by atoms with E-state index in [0.717, 1.165) is 30.0 Å². The first-order valence-corrected chi connectivity index (χ1v) is 11.1. The fraction of sp³-hybridized carbons (Fsp3) is 0.500. The summed E-state index contributed by atoms with van der Waals surface area (Å²) < 4.78 is 33.2. The van der Waals surface area contributed by atoms with Crippen LogP contribution in [0.2, 0.25) is 0 Å². The zero-order chi connectivity index (χ0) is 18.4. The lowest BCUT2D eigenvalue weighted by molar-refractivity contribution is 0.0835. The van der Waals surface area contributed by atoms with Gasteiger partial charge < -0.3 is 9.14 Å². The summed E-state index contributed by atoms with van der Waals surface area (Å²) in [5, 5.41) is 4.76. The van der Waals surface area contributed by atoms with E-state index in [1.165, 1.54) is 0 Å². The second-order valence-electron chi connectivity index (χ2n) is 7.27. The molecule has 1 atom stereocenters. The van der Waals surface area contributed by atoms with Crippen LogP contribution in [0.4, 0.5) is 0 Å². The van der Waals surface area contributed by atoms with Gasteiger partial charge in [0.1, 0.15) is 11.3 Å². The minimum absolute atomic E-state index is 0.115.